The van der Waals surface area contributed by atoms with Gasteiger partial charge in [-0.05, 0) is 32.9 Å². The van der Waals surface area contributed by atoms with E-state index in [2.05, 4.69) is 5.32 Å². The number of aromatic hydroxyl groups is 1. The van der Waals surface area contributed by atoms with Crippen LogP contribution in [0.2, 0.25) is 0 Å². The molecule has 2 aromatic rings. The van der Waals surface area contributed by atoms with Crippen LogP contribution in [-0.2, 0) is 0 Å². The first-order valence-corrected chi connectivity index (χ1v) is 5.87. The number of hydrogen-bond acceptors (Lipinski definition) is 4. The third-order valence-electron chi connectivity index (χ3n) is 2.50. The molecule has 100 valence electrons. The lowest BCUT2D eigenvalue weighted by molar-refractivity contribution is 0.0913. The summed E-state index contributed by atoms with van der Waals surface area (Å²) in [5.74, 6) is -1.00. The van der Waals surface area contributed by atoms with Gasteiger partial charge in [0.15, 0.2) is 5.56 Å². The van der Waals surface area contributed by atoms with Crippen molar-refractivity contribution >= 4 is 16.9 Å². The molecule has 0 aliphatic rings. The minimum absolute atomic E-state index is 0.248. The topological polar surface area (TPSA) is 79.5 Å². The molecule has 0 unspecified atom stereocenters. The van der Waals surface area contributed by atoms with Crippen molar-refractivity contribution in [3.8, 4) is 5.75 Å². The number of fused-ring (bicyclic) bond motifs is 1. The van der Waals surface area contributed by atoms with Crippen LogP contribution in [0.1, 0.15) is 31.1 Å². The molecule has 2 N–H and O–H groups in total. The summed E-state index contributed by atoms with van der Waals surface area (Å²) in [6, 6.07) is 6.51. The summed E-state index contributed by atoms with van der Waals surface area (Å²) < 4.78 is 5.03. The average molecular weight is 261 g/mol. The van der Waals surface area contributed by atoms with Crippen molar-refractivity contribution in [1.82, 2.24) is 5.32 Å². The molecule has 0 atom stereocenters. The molecule has 0 saturated heterocycles. The van der Waals surface area contributed by atoms with Crippen LogP contribution < -0.4 is 10.9 Å². The van der Waals surface area contributed by atoms with E-state index in [9.17, 15) is 14.7 Å². The van der Waals surface area contributed by atoms with Crippen molar-refractivity contribution in [3.05, 3.63) is 40.2 Å². The molecular weight excluding hydrogens is 246 g/mol. The van der Waals surface area contributed by atoms with E-state index >= 15 is 0 Å². The predicted molar refractivity (Wildman–Crippen MR) is 71.4 cm³/mol. The number of rotatable bonds is 1. The number of carbonyl (C=O) groups is 1. The average Bonchev–Trinajstić information content (AvgIpc) is 2.26. The highest BCUT2D eigenvalue weighted by atomic mass is 16.4. The Hall–Kier alpha value is -2.30. The Bertz CT molecular complexity index is 695. The number of para-hydroxylation sites is 1. The summed E-state index contributed by atoms with van der Waals surface area (Å²) in [5.41, 5.74) is -1.48. The lowest BCUT2D eigenvalue weighted by atomic mass is 10.1. The van der Waals surface area contributed by atoms with E-state index in [1.165, 1.54) is 0 Å². The second-order valence-electron chi connectivity index (χ2n) is 5.31. The first kappa shape index (κ1) is 13.1. The van der Waals surface area contributed by atoms with Gasteiger partial charge in [0.2, 0.25) is 0 Å². The highest BCUT2D eigenvalue weighted by Gasteiger charge is 2.24. The maximum Gasteiger partial charge on any atom is 0.353 e. The lowest BCUT2D eigenvalue weighted by Gasteiger charge is -2.20. The zero-order chi connectivity index (χ0) is 14.2. The first-order valence-electron chi connectivity index (χ1n) is 5.87. The van der Waals surface area contributed by atoms with Gasteiger partial charge in [-0.1, -0.05) is 12.1 Å². The van der Waals surface area contributed by atoms with E-state index < -0.39 is 17.1 Å². The van der Waals surface area contributed by atoms with Crippen LogP contribution in [0.25, 0.3) is 11.0 Å². The number of hydrogen-bond donors (Lipinski definition) is 2. The van der Waals surface area contributed by atoms with E-state index in [0.717, 1.165) is 0 Å². The molecule has 2 rings (SSSR count). The SMILES string of the molecule is CC(C)(C)NC(=O)c1c(O)c2ccccc2oc1=O. The number of carbonyl (C=O) groups excluding carboxylic acids is 1. The summed E-state index contributed by atoms with van der Waals surface area (Å²) in [6.07, 6.45) is 0. The summed E-state index contributed by atoms with van der Waals surface area (Å²) in [7, 11) is 0. The molecule has 0 aliphatic heterocycles. The normalized spacial score (nSPS) is 11.5. The third kappa shape index (κ3) is 2.59. The zero-order valence-corrected chi connectivity index (χ0v) is 11.0. The number of nitrogens with one attached hydrogen (secondary N) is 1. The Kier molecular flexibility index (Phi) is 3.06. The van der Waals surface area contributed by atoms with Gasteiger partial charge in [-0.25, -0.2) is 4.79 Å². The number of amides is 1. The van der Waals surface area contributed by atoms with Gasteiger partial charge < -0.3 is 14.8 Å². The van der Waals surface area contributed by atoms with E-state index in [1.807, 2.05) is 0 Å². The van der Waals surface area contributed by atoms with E-state index in [0.29, 0.717) is 5.39 Å². The van der Waals surface area contributed by atoms with E-state index in [4.69, 9.17) is 4.42 Å². The fourth-order valence-electron chi connectivity index (χ4n) is 1.74. The highest BCUT2D eigenvalue weighted by Crippen LogP contribution is 2.26. The standard InChI is InChI=1S/C14H15NO4/c1-14(2,3)15-12(17)10-11(16)8-6-4-5-7-9(8)19-13(10)18/h4-7,16H,1-3H3,(H,15,17). The molecule has 19 heavy (non-hydrogen) atoms. The van der Waals surface area contributed by atoms with E-state index in [1.54, 1.807) is 45.0 Å². The fourth-order valence-corrected chi connectivity index (χ4v) is 1.74. The maximum absolute atomic E-state index is 12.0. The van der Waals surface area contributed by atoms with Crippen molar-refractivity contribution in [3.63, 3.8) is 0 Å². The third-order valence-corrected chi connectivity index (χ3v) is 2.50. The molecule has 0 fully saturated rings. The Morgan fingerprint density at radius 2 is 1.89 bits per heavy atom. The smallest absolute Gasteiger partial charge is 0.353 e. The molecule has 0 aliphatic carbocycles. The first-order chi connectivity index (χ1) is 8.79. The van der Waals surface area contributed by atoms with Crippen molar-refractivity contribution in [2.24, 2.45) is 0 Å². The predicted octanol–water partition coefficient (Wildman–Crippen LogP) is 2.03. The van der Waals surface area contributed by atoms with Gasteiger partial charge in [0.1, 0.15) is 11.3 Å². The maximum atomic E-state index is 12.0. The Morgan fingerprint density at radius 3 is 2.53 bits per heavy atom. The molecular formula is C14H15NO4. The van der Waals surface area contributed by atoms with Gasteiger partial charge in [-0.15, -0.1) is 0 Å². The summed E-state index contributed by atoms with van der Waals surface area (Å²) >= 11 is 0. The van der Waals surface area contributed by atoms with Crippen LogP contribution in [0, 0.1) is 0 Å². The Balaban J connectivity index is 2.61. The summed E-state index contributed by atoms with van der Waals surface area (Å²) in [4.78, 5) is 23.8. The molecule has 0 bridgehead atoms. The van der Waals surface area contributed by atoms with Crippen molar-refractivity contribution in [2.75, 3.05) is 0 Å². The molecule has 1 amide bonds. The second-order valence-corrected chi connectivity index (χ2v) is 5.31. The van der Waals surface area contributed by atoms with Gasteiger partial charge in [-0.3, -0.25) is 4.79 Å². The van der Waals surface area contributed by atoms with Gasteiger partial charge in [0, 0.05) is 5.54 Å². The Labute approximate surface area is 109 Å². The molecule has 1 aromatic carbocycles. The van der Waals surface area contributed by atoms with Crippen LogP contribution in [0.15, 0.2) is 33.5 Å². The summed E-state index contributed by atoms with van der Waals surface area (Å²) in [5, 5.41) is 13.0. The van der Waals surface area contributed by atoms with Crippen LogP contribution in [0.3, 0.4) is 0 Å². The van der Waals surface area contributed by atoms with Crippen LogP contribution in [0.4, 0.5) is 0 Å². The van der Waals surface area contributed by atoms with Gasteiger partial charge >= 0.3 is 5.63 Å². The lowest BCUT2D eigenvalue weighted by Crippen LogP contribution is -2.42. The van der Waals surface area contributed by atoms with Crippen LogP contribution in [0.5, 0.6) is 5.75 Å². The largest absolute Gasteiger partial charge is 0.506 e. The molecule has 5 nitrogen and oxygen atoms in total. The minimum atomic E-state index is -0.849. The van der Waals surface area contributed by atoms with Gasteiger partial charge in [-0.2, -0.15) is 0 Å². The Morgan fingerprint density at radius 1 is 1.26 bits per heavy atom. The monoisotopic (exact) mass is 261 g/mol. The quantitative estimate of drug-likeness (QED) is 0.770. The van der Waals surface area contributed by atoms with Crippen molar-refractivity contribution in [1.29, 1.82) is 0 Å². The van der Waals surface area contributed by atoms with Crippen LogP contribution in [-0.4, -0.2) is 16.6 Å². The fraction of sp³-hybridized carbons (Fsp3) is 0.286. The van der Waals surface area contributed by atoms with Gasteiger partial charge in [0.25, 0.3) is 5.91 Å². The van der Waals surface area contributed by atoms with Crippen LogP contribution >= 0.6 is 0 Å². The molecule has 0 saturated carbocycles. The molecule has 5 heteroatoms. The van der Waals surface area contributed by atoms with E-state index in [-0.39, 0.29) is 16.9 Å². The highest BCUT2D eigenvalue weighted by molar-refractivity contribution is 6.01. The molecule has 0 spiro atoms. The van der Waals surface area contributed by atoms with Crippen molar-refractivity contribution < 1.29 is 14.3 Å². The molecule has 1 aromatic heterocycles. The minimum Gasteiger partial charge on any atom is -0.506 e. The van der Waals surface area contributed by atoms with Gasteiger partial charge in [0.05, 0.1) is 5.39 Å². The summed E-state index contributed by atoms with van der Waals surface area (Å²) in [6.45, 7) is 5.35. The second kappa shape index (κ2) is 4.42. The molecule has 1 heterocycles. The van der Waals surface area contributed by atoms with Crippen molar-refractivity contribution in [2.45, 2.75) is 26.3 Å². The molecule has 0 radical (unpaired) electrons. The number of benzene rings is 1. The zero-order valence-electron chi connectivity index (χ0n) is 11.0.